The summed E-state index contributed by atoms with van der Waals surface area (Å²) in [6, 6.07) is 6.91. The summed E-state index contributed by atoms with van der Waals surface area (Å²) in [7, 11) is 0. The van der Waals surface area contributed by atoms with Gasteiger partial charge in [0.2, 0.25) is 11.8 Å². The van der Waals surface area contributed by atoms with Gasteiger partial charge in [0.15, 0.2) is 0 Å². The van der Waals surface area contributed by atoms with Gasteiger partial charge in [-0.05, 0) is 30.7 Å². The SMILES string of the molecule is CC(=O)NC(CC(=O)N1CCCNCC1)c1ccc(Cl)cc1.Cl. The topological polar surface area (TPSA) is 61.4 Å². The van der Waals surface area contributed by atoms with Crippen molar-refractivity contribution in [2.45, 2.75) is 25.8 Å². The van der Waals surface area contributed by atoms with Crippen LogP contribution in [-0.4, -0.2) is 42.9 Å². The Kier molecular flexibility index (Phi) is 8.37. The summed E-state index contributed by atoms with van der Waals surface area (Å²) in [5.41, 5.74) is 0.890. The average molecular weight is 360 g/mol. The number of amides is 2. The highest BCUT2D eigenvalue weighted by molar-refractivity contribution is 6.30. The summed E-state index contributed by atoms with van der Waals surface area (Å²) in [5.74, 6) is -0.0808. The van der Waals surface area contributed by atoms with E-state index in [0.717, 1.165) is 31.6 Å². The van der Waals surface area contributed by atoms with Gasteiger partial charge in [-0.15, -0.1) is 12.4 Å². The van der Waals surface area contributed by atoms with Crippen molar-refractivity contribution in [1.82, 2.24) is 15.5 Å². The zero-order valence-electron chi connectivity index (χ0n) is 13.2. The fourth-order valence-corrected chi connectivity index (χ4v) is 2.72. The van der Waals surface area contributed by atoms with Crippen LogP contribution in [0.15, 0.2) is 24.3 Å². The molecule has 1 saturated heterocycles. The molecule has 2 N–H and O–H groups in total. The van der Waals surface area contributed by atoms with Crippen molar-refractivity contribution in [2.24, 2.45) is 0 Å². The molecule has 128 valence electrons. The molecule has 5 nitrogen and oxygen atoms in total. The van der Waals surface area contributed by atoms with Crippen molar-refractivity contribution < 1.29 is 9.59 Å². The van der Waals surface area contributed by atoms with Crippen LogP contribution in [0.25, 0.3) is 0 Å². The lowest BCUT2D eigenvalue weighted by molar-refractivity contribution is -0.131. The van der Waals surface area contributed by atoms with Crippen LogP contribution >= 0.6 is 24.0 Å². The average Bonchev–Trinajstić information content (AvgIpc) is 2.76. The molecular weight excluding hydrogens is 337 g/mol. The lowest BCUT2D eigenvalue weighted by atomic mass is 10.0. The first-order valence-electron chi connectivity index (χ1n) is 7.57. The number of rotatable bonds is 4. The predicted octanol–water partition coefficient (Wildman–Crippen LogP) is 2.15. The first-order chi connectivity index (χ1) is 10.6. The van der Waals surface area contributed by atoms with Crippen molar-refractivity contribution in [3.8, 4) is 0 Å². The molecule has 0 saturated carbocycles. The highest BCUT2D eigenvalue weighted by Gasteiger charge is 2.22. The third kappa shape index (κ3) is 6.37. The van der Waals surface area contributed by atoms with Gasteiger partial charge in [0, 0.05) is 31.6 Å². The third-order valence-corrected chi connectivity index (χ3v) is 3.97. The Morgan fingerprint density at radius 2 is 1.96 bits per heavy atom. The fourth-order valence-electron chi connectivity index (χ4n) is 2.59. The Bertz CT molecular complexity index is 515. The molecule has 0 radical (unpaired) electrons. The molecule has 1 unspecified atom stereocenters. The number of hydrogen-bond donors (Lipinski definition) is 2. The van der Waals surface area contributed by atoms with E-state index in [1.165, 1.54) is 6.92 Å². The second kappa shape index (κ2) is 9.75. The molecule has 0 aromatic heterocycles. The molecule has 7 heteroatoms. The molecule has 1 heterocycles. The molecule has 2 amide bonds. The van der Waals surface area contributed by atoms with Gasteiger partial charge in [-0.3, -0.25) is 9.59 Å². The van der Waals surface area contributed by atoms with Crippen LogP contribution in [0.5, 0.6) is 0 Å². The number of halogens is 2. The lowest BCUT2D eigenvalue weighted by Crippen LogP contribution is -2.37. The first-order valence-corrected chi connectivity index (χ1v) is 7.95. The second-order valence-corrected chi connectivity index (χ2v) is 5.93. The Morgan fingerprint density at radius 1 is 1.26 bits per heavy atom. The van der Waals surface area contributed by atoms with E-state index in [1.54, 1.807) is 12.1 Å². The molecule has 0 aliphatic carbocycles. The molecule has 23 heavy (non-hydrogen) atoms. The minimum absolute atomic E-state index is 0. The quantitative estimate of drug-likeness (QED) is 0.865. The van der Waals surface area contributed by atoms with E-state index in [0.29, 0.717) is 11.6 Å². The zero-order valence-corrected chi connectivity index (χ0v) is 14.8. The van der Waals surface area contributed by atoms with Crippen LogP contribution in [0.3, 0.4) is 0 Å². The largest absolute Gasteiger partial charge is 0.349 e. The van der Waals surface area contributed by atoms with Gasteiger partial charge in [0.05, 0.1) is 12.5 Å². The molecule has 0 bridgehead atoms. The Labute approximate surface area is 148 Å². The molecule has 0 spiro atoms. The molecule has 1 aromatic rings. The van der Waals surface area contributed by atoms with Crippen LogP contribution in [0, 0.1) is 0 Å². The van der Waals surface area contributed by atoms with E-state index in [2.05, 4.69) is 10.6 Å². The van der Waals surface area contributed by atoms with Gasteiger partial charge in [-0.25, -0.2) is 0 Å². The highest BCUT2D eigenvalue weighted by atomic mass is 35.5. The van der Waals surface area contributed by atoms with E-state index in [4.69, 9.17) is 11.6 Å². The predicted molar refractivity (Wildman–Crippen MR) is 93.9 cm³/mol. The summed E-state index contributed by atoms with van der Waals surface area (Å²) < 4.78 is 0. The number of nitrogens with zero attached hydrogens (tertiary/aromatic N) is 1. The summed E-state index contributed by atoms with van der Waals surface area (Å²) in [6.07, 6.45) is 1.22. The van der Waals surface area contributed by atoms with Crippen LogP contribution in [0.1, 0.15) is 31.4 Å². The second-order valence-electron chi connectivity index (χ2n) is 5.49. The fraction of sp³-hybridized carbons (Fsp3) is 0.500. The van der Waals surface area contributed by atoms with Gasteiger partial charge in [0.1, 0.15) is 0 Å². The minimum Gasteiger partial charge on any atom is -0.349 e. The van der Waals surface area contributed by atoms with Gasteiger partial charge >= 0.3 is 0 Å². The number of carbonyl (C=O) groups is 2. The maximum atomic E-state index is 12.5. The monoisotopic (exact) mass is 359 g/mol. The Balaban J connectivity index is 0.00000264. The Morgan fingerprint density at radius 3 is 2.61 bits per heavy atom. The molecule has 1 atom stereocenters. The maximum absolute atomic E-state index is 12.5. The smallest absolute Gasteiger partial charge is 0.225 e. The standard InChI is InChI=1S/C16H22ClN3O2.ClH/c1-12(21)19-15(13-3-5-14(17)6-4-13)11-16(22)20-9-2-7-18-8-10-20;/h3-6,15,18H,2,7-11H2,1H3,(H,19,21);1H. The van der Waals surface area contributed by atoms with Crippen molar-refractivity contribution in [3.05, 3.63) is 34.9 Å². The lowest BCUT2D eigenvalue weighted by Gasteiger charge is -2.24. The molecule has 1 aromatic carbocycles. The van der Waals surface area contributed by atoms with Crippen molar-refractivity contribution >= 4 is 35.8 Å². The zero-order chi connectivity index (χ0) is 15.9. The van der Waals surface area contributed by atoms with Crippen molar-refractivity contribution in [2.75, 3.05) is 26.2 Å². The molecular formula is C16H23Cl2N3O2. The molecule has 1 aliphatic rings. The van der Waals surface area contributed by atoms with Crippen LogP contribution in [-0.2, 0) is 9.59 Å². The van der Waals surface area contributed by atoms with E-state index in [9.17, 15) is 9.59 Å². The van der Waals surface area contributed by atoms with Crippen molar-refractivity contribution in [1.29, 1.82) is 0 Å². The summed E-state index contributed by atoms with van der Waals surface area (Å²) in [6.45, 7) is 4.70. The van der Waals surface area contributed by atoms with E-state index in [1.807, 2.05) is 17.0 Å². The highest BCUT2D eigenvalue weighted by Crippen LogP contribution is 2.20. The number of nitrogens with one attached hydrogen (secondary N) is 2. The van der Waals surface area contributed by atoms with Crippen LogP contribution < -0.4 is 10.6 Å². The van der Waals surface area contributed by atoms with Crippen LogP contribution in [0.4, 0.5) is 0 Å². The summed E-state index contributed by atoms with van der Waals surface area (Å²) >= 11 is 5.90. The molecule has 2 rings (SSSR count). The summed E-state index contributed by atoms with van der Waals surface area (Å²) in [4.78, 5) is 25.8. The third-order valence-electron chi connectivity index (χ3n) is 3.72. The van der Waals surface area contributed by atoms with E-state index in [-0.39, 0.29) is 36.7 Å². The normalized spacial score (nSPS) is 16.0. The number of benzene rings is 1. The minimum atomic E-state index is -0.321. The number of carbonyl (C=O) groups excluding carboxylic acids is 2. The van der Waals surface area contributed by atoms with Gasteiger partial charge in [0.25, 0.3) is 0 Å². The van der Waals surface area contributed by atoms with Gasteiger partial charge < -0.3 is 15.5 Å². The van der Waals surface area contributed by atoms with E-state index >= 15 is 0 Å². The first kappa shape index (κ1) is 19.7. The van der Waals surface area contributed by atoms with Crippen molar-refractivity contribution in [3.63, 3.8) is 0 Å². The number of hydrogen-bond acceptors (Lipinski definition) is 3. The van der Waals surface area contributed by atoms with Crippen LogP contribution in [0.2, 0.25) is 5.02 Å². The van der Waals surface area contributed by atoms with Gasteiger partial charge in [-0.2, -0.15) is 0 Å². The maximum Gasteiger partial charge on any atom is 0.225 e. The Hall–Kier alpha value is -1.30. The summed E-state index contributed by atoms with van der Waals surface area (Å²) in [5, 5.41) is 6.77. The van der Waals surface area contributed by atoms with E-state index < -0.39 is 0 Å². The molecule has 1 fully saturated rings. The van der Waals surface area contributed by atoms with Gasteiger partial charge in [-0.1, -0.05) is 23.7 Å². The molecule has 1 aliphatic heterocycles.